The minimum Gasteiger partial charge on any atom is -0.378 e. The molecule has 110 valence electrons. The molecule has 0 bridgehead atoms. The lowest BCUT2D eigenvalue weighted by Gasteiger charge is -2.18. The minimum absolute atomic E-state index is 0.0117. The Kier molecular flexibility index (Phi) is 4.42. The maximum absolute atomic E-state index is 10.8. The number of nitro groups is 1. The Morgan fingerprint density at radius 2 is 1.86 bits per heavy atom. The highest BCUT2D eigenvalue weighted by atomic mass is 16.6. The Morgan fingerprint density at radius 3 is 2.52 bits per heavy atom. The number of hydrogen-bond donors (Lipinski definition) is 1. The van der Waals surface area contributed by atoms with Gasteiger partial charge in [-0.15, -0.1) is 0 Å². The Morgan fingerprint density at radius 1 is 1.14 bits per heavy atom. The first-order valence-electron chi connectivity index (χ1n) is 6.75. The predicted octanol–water partition coefficient (Wildman–Crippen LogP) is 3.83. The summed E-state index contributed by atoms with van der Waals surface area (Å²) >= 11 is 0. The van der Waals surface area contributed by atoms with Gasteiger partial charge in [0.05, 0.1) is 4.92 Å². The highest BCUT2D eigenvalue weighted by molar-refractivity contribution is 5.58. The van der Waals surface area contributed by atoms with Gasteiger partial charge in [0.25, 0.3) is 5.69 Å². The van der Waals surface area contributed by atoms with Crippen LogP contribution in [0.15, 0.2) is 48.5 Å². The molecule has 2 aromatic carbocycles. The lowest BCUT2D eigenvalue weighted by molar-refractivity contribution is -0.384. The molecule has 0 spiro atoms. The predicted molar refractivity (Wildman–Crippen MR) is 85.9 cm³/mol. The van der Waals surface area contributed by atoms with Gasteiger partial charge in [-0.05, 0) is 30.7 Å². The number of non-ortho nitro benzene ring substituents is 1. The van der Waals surface area contributed by atoms with E-state index in [1.807, 2.05) is 56.3 Å². The molecule has 0 radical (unpaired) electrons. The molecule has 0 aliphatic rings. The van der Waals surface area contributed by atoms with E-state index in [4.69, 9.17) is 0 Å². The Labute approximate surface area is 124 Å². The van der Waals surface area contributed by atoms with Gasteiger partial charge in [-0.3, -0.25) is 10.1 Å². The van der Waals surface area contributed by atoms with Gasteiger partial charge in [0.2, 0.25) is 0 Å². The van der Waals surface area contributed by atoms with Crippen LogP contribution in [0, 0.1) is 10.1 Å². The summed E-state index contributed by atoms with van der Waals surface area (Å²) < 4.78 is 0. The SMILES string of the molecule is CC(Nc1cccc(N(C)C)c1)c1cccc([N+](=O)[O-])c1. The third-order valence-electron chi connectivity index (χ3n) is 3.33. The van der Waals surface area contributed by atoms with Gasteiger partial charge in [0.15, 0.2) is 0 Å². The Hall–Kier alpha value is -2.56. The number of nitrogens with one attached hydrogen (secondary N) is 1. The molecule has 2 rings (SSSR count). The van der Waals surface area contributed by atoms with E-state index in [2.05, 4.69) is 5.32 Å². The van der Waals surface area contributed by atoms with Crippen LogP contribution >= 0.6 is 0 Å². The average Bonchev–Trinajstić information content (AvgIpc) is 2.47. The topological polar surface area (TPSA) is 58.4 Å². The summed E-state index contributed by atoms with van der Waals surface area (Å²) in [4.78, 5) is 12.5. The maximum atomic E-state index is 10.8. The van der Waals surface area contributed by atoms with Crippen molar-refractivity contribution < 1.29 is 4.92 Å². The highest BCUT2D eigenvalue weighted by Crippen LogP contribution is 2.24. The summed E-state index contributed by atoms with van der Waals surface area (Å²) in [6.07, 6.45) is 0. The van der Waals surface area contributed by atoms with Crippen molar-refractivity contribution in [1.82, 2.24) is 0 Å². The molecule has 5 heteroatoms. The van der Waals surface area contributed by atoms with Gasteiger partial charge >= 0.3 is 0 Å². The monoisotopic (exact) mass is 285 g/mol. The third-order valence-corrected chi connectivity index (χ3v) is 3.33. The van der Waals surface area contributed by atoms with E-state index in [-0.39, 0.29) is 16.7 Å². The molecule has 21 heavy (non-hydrogen) atoms. The number of hydrogen-bond acceptors (Lipinski definition) is 4. The Bertz CT molecular complexity index is 641. The molecular weight excluding hydrogens is 266 g/mol. The van der Waals surface area contributed by atoms with Crippen LogP contribution < -0.4 is 10.2 Å². The molecule has 0 saturated heterocycles. The van der Waals surface area contributed by atoms with Gasteiger partial charge in [-0.1, -0.05) is 18.2 Å². The zero-order valence-electron chi connectivity index (χ0n) is 12.4. The molecule has 0 heterocycles. The second-order valence-corrected chi connectivity index (χ2v) is 5.16. The van der Waals surface area contributed by atoms with Crippen molar-refractivity contribution in [3.05, 3.63) is 64.2 Å². The molecule has 0 saturated carbocycles. The molecule has 5 nitrogen and oxygen atoms in total. The van der Waals surface area contributed by atoms with Crippen molar-refractivity contribution in [3.8, 4) is 0 Å². The van der Waals surface area contributed by atoms with Crippen molar-refractivity contribution in [2.45, 2.75) is 13.0 Å². The number of nitro benzene ring substituents is 1. The van der Waals surface area contributed by atoms with Crippen molar-refractivity contribution in [3.63, 3.8) is 0 Å². The van der Waals surface area contributed by atoms with Crippen LogP contribution in [0.1, 0.15) is 18.5 Å². The zero-order valence-corrected chi connectivity index (χ0v) is 12.4. The van der Waals surface area contributed by atoms with E-state index >= 15 is 0 Å². The number of anilines is 2. The first-order valence-corrected chi connectivity index (χ1v) is 6.75. The van der Waals surface area contributed by atoms with Crippen LogP contribution in [0.4, 0.5) is 17.1 Å². The van der Waals surface area contributed by atoms with Crippen molar-refractivity contribution in [2.75, 3.05) is 24.3 Å². The molecule has 0 fully saturated rings. The molecular formula is C16H19N3O2. The minimum atomic E-state index is -0.372. The fourth-order valence-corrected chi connectivity index (χ4v) is 2.11. The van der Waals surface area contributed by atoms with Crippen LogP contribution in [0.3, 0.4) is 0 Å². The Balaban J connectivity index is 2.17. The lowest BCUT2D eigenvalue weighted by Crippen LogP contribution is -2.10. The van der Waals surface area contributed by atoms with E-state index in [0.717, 1.165) is 16.9 Å². The second-order valence-electron chi connectivity index (χ2n) is 5.16. The largest absolute Gasteiger partial charge is 0.378 e. The van der Waals surface area contributed by atoms with E-state index < -0.39 is 0 Å². The molecule has 0 amide bonds. The van der Waals surface area contributed by atoms with Gasteiger partial charge < -0.3 is 10.2 Å². The fourth-order valence-electron chi connectivity index (χ4n) is 2.11. The van der Waals surface area contributed by atoms with Gasteiger partial charge in [-0.2, -0.15) is 0 Å². The number of benzene rings is 2. The van der Waals surface area contributed by atoms with E-state index in [9.17, 15) is 10.1 Å². The fraction of sp³-hybridized carbons (Fsp3) is 0.250. The van der Waals surface area contributed by atoms with Crippen molar-refractivity contribution in [1.29, 1.82) is 0 Å². The normalized spacial score (nSPS) is 11.8. The summed E-state index contributed by atoms with van der Waals surface area (Å²) in [5, 5.41) is 14.2. The summed E-state index contributed by atoms with van der Waals surface area (Å²) in [5.74, 6) is 0. The number of rotatable bonds is 5. The van der Waals surface area contributed by atoms with Crippen LogP contribution in [0.25, 0.3) is 0 Å². The molecule has 1 atom stereocenters. The van der Waals surface area contributed by atoms with Gasteiger partial charge in [-0.25, -0.2) is 0 Å². The van der Waals surface area contributed by atoms with E-state index in [0.29, 0.717) is 0 Å². The molecule has 0 aliphatic carbocycles. The molecule has 0 aliphatic heterocycles. The van der Waals surface area contributed by atoms with Crippen molar-refractivity contribution in [2.24, 2.45) is 0 Å². The van der Waals surface area contributed by atoms with Crippen molar-refractivity contribution >= 4 is 17.1 Å². The first-order chi connectivity index (χ1) is 9.97. The molecule has 0 aromatic heterocycles. The zero-order chi connectivity index (χ0) is 15.4. The summed E-state index contributed by atoms with van der Waals surface area (Å²) in [6.45, 7) is 1.99. The summed E-state index contributed by atoms with van der Waals surface area (Å²) in [7, 11) is 3.98. The summed E-state index contributed by atoms with van der Waals surface area (Å²) in [5.41, 5.74) is 3.09. The maximum Gasteiger partial charge on any atom is 0.269 e. The second kappa shape index (κ2) is 6.26. The summed E-state index contributed by atoms with van der Waals surface area (Å²) in [6, 6.07) is 14.7. The molecule has 1 N–H and O–H groups in total. The van der Waals surface area contributed by atoms with Crippen LogP contribution in [0.2, 0.25) is 0 Å². The highest BCUT2D eigenvalue weighted by Gasteiger charge is 2.11. The van der Waals surface area contributed by atoms with Crippen LogP contribution in [-0.2, 0) is 0 Å². The lowest BCUT2D eigenvalue weighted by atomic mass is 10.1. The average molecular weight is 285 g/mol. The van der Waals surface area contributed by atoms with E-state index in [1.54, 1.807) is 12.1 Å². The quantitative estimate of drug-likeness (QED) is 0.670. The van der Waals surface area contributed by atoms with Crippen LogP contribution in [0.5, 0.6) is 0 Å². The third kappa shape index (κ3) is 3.72. The number of nitrogens with zero attached hydrogens (tertiary/aromatic N) is 2. The smallest absolute Gasteiger partial charge is 0.269 e. The van der Waals surface area contributed by atoms with Gasteiger partial charge in [0, 0.05) is 43.6 Å². The molecule has 2 aromatic rings. The first kappa shape index (κ1) is 14.8. The van der Waals surface area contributed by atoms with E-state index in [1.165, 1.54) is 6.07 Å². The standard InChI is InChI=1S/C16H19N3O2/c1-12(13-6-4-9-16(10-13)19(20)21)17-14-7-5-8-15(11-14)18(2)3/h4-12,17H,1-3H3. The molecule has 1 unspecified atom stereocenters. The van der Waals surface area contributed by atoms with Gasteiger partial charge in [0.1, 0.15) is 0 Å². The van der Waals surface area contributed by atoms with Crippen LogP contribution in [-0.4, -0.2) is 19.0 Å².